The summed E-state index contributed by atoms with van der Waals surface area (Å²) in [5, 5.41) is 28.3. The molecular formula is C39H42N2O8. The molecule has 3 unspecified atom stereocenters. The van der Waals surface area contributed by atoms with Gasteiger partial charge in [0, 0.05) is 18.5 Å². The van der Waals surface area contributed by atoms with Gasteiger partial charge in [0.05, 0.1) is 17.9 Å². The average molecular weight is 667 g/mol. The fraction of sp³-hybridized carbons (Fsp3) is 0.333. The first-order valence-electron chi connectivity index (χ1n) is 16.7. The number of hydrogen-bond acceptors (Lipinski definition) is 9. The maximum absolute atomic E-state index is 12.0. The van der Waals surface area contributed by atoms with Gasteiger partial charge in [0.1, 0.15) is 18.5 Å². The number of carbonyl (C=O) groups is 2. The number of para-hydroxylation sites is 4. The molecule has 4 aromatic carbocycles. The predicted octanol–water partition coefficient (Wildman–Crippen LogP) is 5.89. The van der Waals surface area contributed by atoms with Crippen molar-refractivity contribution in [3.05, 3.63) is 114 Å². The Morgan fingerprint density at radius 1 is 0.816 bits per heavy atom. The number of aliphatic hydroxyl groups is 2. The van der Waals surface area contributed by atoms with Gasteiger partial charge in [-0.3, -0.25) is 0 Å². The van der Waals surface area contributed by atoms with Crippen molar-refractivity contribution in [1.29, 1.82) is 0 Å². The number of piperidine rings is 1. The summed E-state index contributed by atoms with van der Waals surface area (Å²) in [6, 6.07) is 32.9. The van der Waals surface area contributed by atoms with Crippen molar-refractivity contribution in [1.82, 2.24) is 4.90 Å². The molecule has 0 saturated carbocycles. The van der Waals surface area contributed by atoms with Gasteiger partial charge in [0.2, 0.25) is 0 Å². The first-order valence-corrected chi connectivity index (χ1v) is 16.7. The smallest absolute Gasteiger partial charge is 0.339 e. The molecule has 3 heterocycles. The molecule has 3 N–H and O–H groups in total. The van der Waals surface area contributed by atoms with Gasteiger partial charge in [0.15, 0.2) is 23.7 Å². The van der Waals surface area contributed by atoms with Crippen LogP contribution in [0.4, 0.5) is 11.4 Å². The molecule has 5 atom stereocenters. The van der Waals surface area contributed by atoms with Crippen LogP contribution in [0, 0.1) is 0 Å². The molecule has 10 nitrogen and oxygen atoms in total. The molecule has 3 aliphatic heterocycles. The number of nitrogens with zero attached hydrogens (tertiary/aromatic N) is 2. The molecule has 0 aromatic heterocycles. The number of aliphatic hydroxyl groups excluding tert-OH is 2. The van der Waals surface area contributed by atoms with Crippen LogP contribution in [0.3, 0.4) is 0 Å². The summed E-state index contributed by atoms with van der Waals surface area (Å²) in [5.74, 6) is 0.565. The number of ether oxygens (including phenoxy) is 3. The molecular weight excluding hydrogens is 624 g/mol. The molecule has 2 bridgehead atoms. The second-order valence-corrected chi connectivity index (χ2v) is 12.6. The first kappa shape index (κ1) is 34.0. The number of benzene rings is 4. The summed E-state index contributed by atoms with van der Waals surface area (Å²) < 4.78 is 17.4. The SMILES string of the molecule is CN1[C@@H]2CC[C@H]1CC(OC(=O)C(O)c1ccccc1)C2.O=C(O)C(O)Cc1ccc(OCCN2c3ccccc3Oc3ccccc32)cc1. The van der Waals surface area contributed by atoms with Gasteiger partial charge in [-0.2, -0.15) is 0 Å². The molecule has 2 saturated heterocycles. The molecule has 256 valence electrons. The Balaban J connectivity index is 0.000000182. The topological polar surface area (TPSA) is 129 Å². The Bertz CT molecular complexity index is 1660. The number of carboxylic acid groups (broad SMARTS) is 1. The lowest BCUT2D eigenvalue weighted by molar-refractivity contribution is -0.162. The van der Waals surface area contributed by atoms with E-state index in [1.807, 2.05) is 66.7 Å². The Kier molecular flexibility index (Phi) is 10.8. The van der Waals surface area contributed by atoms with E-state index >= 15 is 0 Å². The largest absolute Gasteiger partial charge is 0.492 e. The number of anilines is 2. The van der Waals surface area contributed by atoms with Gasteiger partial charge in [-0.1, -0.05) is 66.7 Å². The molecule has 0 radical (unpaired) electrons. The van der Waals surface area contributed by atoms with Crippen LogP contribution >= 0.6 is 0 Å². The molecule has 7 rings (SSSR count). The van der Waals surface area contributed by atoms with Crippen molar-refractivity contribution >= 4 is 23.3 Å². The molecule has 10 heteroatoms. The Morgan fingerprint density at radius 3 is 1.98 bits per heavy atom. The molecule has 0 aliphatic carbocycles. The highest BCUT2D eigenvalue weighted by atomic mass is 16.6. The van der Waals surface area contributed by atoms with Crippen LogP contribution in [0.1, 0.15) is 42.9 Å². The molecule has 2 fully saturated rings. The van der Waals surface area contributed by atoms with E-state index in [0.717, 1.165) is 41.3 Å². The lowest BCUT2D eigenvalue weighted by atomic mass is 10.0. The van der Waals surface area contributed by atoms with Crippen molar-refractivity contribution in [3.8, 4) is 17.2 Å². The summed E-state index contributed by atoms with van der Waals surface area (Å²) in [5.41, 5.74) is 3.32. The lowest BCUT2D eigenvalue weighted by Crippen LogP contribution is -2.43. The standard InChI is InChI=1S/C23H21NO5.C16H21NO3/c25-20(23(26)27)15-16-9-11-17(12-10-16)28-14-13-24-18-5-1-3-7-21(18)29-22-8-4-2-6-19(22)24;1-17-12-7-8-13(17)10-14(9-12)20-16(19)15(18)11-5-3-2-4-6-11/h1-12,20,25H,13-15H2,(H,26,27);2-6,12-15,18H,7-10H2,1H3/t;12-,13+,14?,15?. The zero-order chi connectivity index (χ0) is 34.3. The van der Waals surface area contributed by atoms with E-state index in [9.17, 15) is 19.8 Å². The zero-order valence-corrected chi connectivity index (χ0v) is 27.4. The third kappa shape index (κ3) is 8.22. The number of esters is 1. The monoisotopic (exact) mass is 666 g/mol. The summed E-state index contributed by atoms with van der Waals surface area (Å²) in [6.45, 7) is 1.09. The molecule has 49 heavy (non-hydrogen) atoms. The Labute approximate surface area is 286 Å². The van der Waals surface area contributed by atoms with E-state index in [4.69, 9.17) is 19.3 Å². The van der Waals surface area contributed by atoms with Crippen LogP contribution < -0.4 is 14.4 Å². The van der Waals surface area contributed by atoms with Gasteiger partial charge in [-0.15, -0.1) is 0 Å². The fourth-order valence-corrected chi connectivity index (χ4v) is 6.77. The highest BCUT2D eigenvalue weighted by Gasteiger charge is 2.40. The molecule has 0 amide bonds. The average Bonchev–Trinajstić information content (AvgIpc) is 3.31. The van der Waals surface area contributed by atoms with Crippen LogP contribution in [-0.2, 0) is 20.7 Å². The Morgan fingerprint density at radius 2 is 1.39 bits per heavy atom. The highest BCUT2D eigenvalue weighted by molar-refractivity contribution is 5.78. The van der Waals surface area contributed by atoms with Gasteiger partial charge in [0.25, 0.3) is 0 Å². The minimum atomic E-state index is -1.40. The minimum absolute atomic E-state index is 0.0467. The number of rotatable bonds is 10. The van der Waals surface area contributed by atoms with Crippen molar-refractivity contribution in [2.75, 3.05) is 25.1 Å². The third-order valence-corrected chi connectivity index (χ3v) is 9.43. The second-order valence-electron chi connectivity index (χ2n) is 12.6. The van der Waals surface area contributed by atoms with Crippen molar-refractivity contribution < 1.29 is 39.1 Å². The van der Waals surface area contributed by atoms with Crippen molar-refractivity contribution in [2.45, 2.75) is 62.5 Å². The maximum Gasteiger partial charge on any atom is 0.339 e. The van der Waals surface area contributed by atoms with Gasteiger partial charge in [-0.25, -0.2) is 9.59 Å². The van der Waals surface area contributed by atoms with E-state index in [-0.39, 0.29) is 12.5 Å². The van der Waals surface area contributed by atoms with Crippen LogP contribution in [0.2, 0.25) is 0 Å². The summed E-state index contributed by atoms with van der Waals surface area (Å²) >= 11 is 0. The lowest BCUT2D eigenvalue weighted by Gasteiger charge is -2.36. The summed E-state index contributed by atoms with van der Waals surface area (Å²) in [6.07, 6.45) is 1.61. The third-order valence-electron chi connectivity index (χ3n) is 9.43. The van der Waals surface area contributed by atoms with Gasteiger partial charge < -0.3 is 39.3 Å². The second kappa shape index (κ2) is 15.5. The van der Waals surface area contributed by atoms with E-state index in [2.05, 4.69) is 16.8 Å². The van der Waals surface area contributed by atoms with Crippen LogP contribution in [0.25, 0.3) is 0 Å². The number of aliphatic carboxylic acids is 1. The van der Waals surface area contributed by atoms with Crippen LogP contribution in [0.5, 0.6) is 17.2 Å². The van der Waals surface area contributed by atoms with E-state index in [0.29, 0.717) is 36.5 Å². The van der Waals surface area contributed by atoms with Crippen molar-refractivity contribution in [2.24, 2.45) is 0 Å². The van der Waals surface area contributed by atoms with Gasteiger partial charge >= 0.3 is 11.9 Å². The molecule has 3 aliphatic rings. The number of hydrogen-bond donors (Lipinski definition) is 3. The minimum Gasteiger partial charge on any atom is -0.492 e. The molecule has 4 aromatic rings. The van der Waals surface area contributed by atoms with Crippen LogP contribution in [0.15, 0.2) is 103 Å². The molecule has 0 spiro atoms. The highest BCUT2D eigenvalue weighted by Crippen LogP contribution is 2.46. The maximum atomic E-state index is 12.0. The Hall–Kier alpha value is -4.90. The predicted molar refractivity (Wildman–Crippen MR) is 184 cm³/mol. The van der Waals surface area contributed by atoms with E-state index < -0.39 is 24.1 Å². The number of carboxylic acids is 1. The van der Waals surface area contributed by atoms with Crippen LogP contribution in [-0.4, -0.2) is 76.6 Å². The van der Waals surface area contributed by atoms with E-state index in [1.54, 1.807) is 36.4 Å². The first-order chi connectivity index (χ1) is 23.8. The van der Waals surface area contributed by atoms with Gasteiger partial charge in [-0.05, 0) is 80.3 Å². The van der Waals surface area contributed by atoms with Crippen molar-refractivity contribution in [3.63, 3.8) is 0 Å². The van der Waals surface area contributed by atoms with E-state index in [1.165, 1.54) is 12.8 Å². The summed E-state index contributed by atoms with van der Waals surface area (Å²) in [4.78, 5) is 27.4. The normalized spacial score (nSPS) is 20.4. The summed E-state index contributed by atoms with van der Waals surface area (Å²) in [7, 11) is 2.15. The number of fused-ring (bicyclic) bond motifs is 4. The number of carbonyl (C=O) groups excluding carboxylic acids is 1. The fourth-order valence-electron chi connectivity index (χ4n) is 6.77. The zero-order valence-electron chi connectivity index (χ0n) is 27.4. The quantitative estimate of drug-likeness (QED) is 0.176.